The molecule has 0 bridgehead atoms. The van der Waals surface area contributed by atoms with Crippen LogP contribution in [0.4, 0.5) is 5.69 Å². The van der Waals surface area contributed by atoms with Gasteiger partial charge in [-0.25, -0.2) is 0 Å². The Morgan fingerprint density at radius 3 is 2.57 bits per heavy atom. The van der Waals surface area contributed by atoms with E-state index in [4.69, 9.17) is 0 Å². The third-order valence-corrected chi connectivity index (χ3v) is 4.92. The van der Waals surface area contributed by atoms with Crippen LogP contribution in [0, 0.1) is 13.8 Å². The minimum atomic E-state index is -0.0370. The smallest absolute Gasteiger partial charge is 0.226 e. The number of fused-ring (bicyclic) bond motifs is 1. The van der Waals surface area contributed by atoms with Crippen LogP contribution in [-0.4, -0.2) is 25.5 Å². The molecule has 28 heavy (non-hydrogen) atoms. The number of anilines is 1. The molecule has 6 heteroatoms. The third-order valence-electron chi connectivity index (χ3n) is 4.92. The van der Waals surface area contributed by atoms with Crippen molar-refractivity contribution in [1.29, 1.82) is 0 Å². The first kappa shape index (κ1) is 18.0. The van der Waals surface area contributed by atoms with Gasteiger partial charge in [-0.05, 0) is 25.5 Å². The van der Waals surface area contributed by atoms with Gasteiger partial charge in [0, 0.05) is 11.8 Å². The number of amides is 1. The summed E-state index contributed by atoms with van der Waals surface area (Å²) in [5.41, 5.74) is 4.80. The van der Waals surface area contributed by atoms with E-state index in [1.807, 2.05) is 71.9 Å². The summed E-state index contributed by atoms with van der Waals surface area (Å²) in [6, 6.07) is 18.2. The lowest BCUT2D eigenvalue weighted by atomic mass is 10.2. The zero-order valence-electron chi connectivity index (χ0n) is 16.1. The highest BCUT2D eigenvalue weighted by Gasteiger charge is 2.15. The van der Waals surface area contributed by atoms with Crippen LogP contribution in [-0.2, 0) is 17.9 Å². The van der Waals surface area contributed by atoms with E-state index in [-0.39, 0.29) is 5.91 Å². The van der Waals surface area contributed by atoms with E-state index in [1.165, 1.54) is 5.56 Å². The molecular formula is C22H23N5O. The molecule has 0 spiro atoms. The molecular weight excluding hydrogens is 350 g/mol. The second-order valence-electron chi connectivity index (χ2n) is 6.91. The maximum absolute atomic E-state index is 12.5. The largest absolute Gasteiger partial charge is 0.323 e. The Labute approximate surface area is 163 Å². The zero-order valence-corrected chi connectivity index (χ0v) is 16.1. The lowest BCUT2D eigenvalue weighted by Gasteiger charge is -2.08. The van der Waals surface area contributed by atoms with Gasteiger partial charge in [-0.2, -0.15) is 10.2 Å². The maximum atomic E-state index is 12.5. The topological polar surface area (TPSA) is 64.7 Å². The van der Waals surface area contributed by atoms with E-state index >= 15 is 0 Å². The van der Waals surface area contributed by atoms with Crippen LogP contribution in [0.3, 0.4) is 0 Å². The van der Waals surface area contributed by atoms with Gasteiger partial charge in [-0.1, -0.05) is 48.5 Å². The Balaban J connectivity index is 1.43. The first-order valence-electron chi connectivity index (χ1n) is 9.40. The maximum Gasteiger partial charge on any atom is 0.226 e. The number of carbonyl (C=O) groups is 1. The molecule has 0 aliphatic heterocycles. The first-order chi connectivity index (χ1) is 13.6. The molecule has 0 unspecified atom stereocenters. The molecule has 2 heterocycles. The van der Waals surface area contributed by atoms with Crippen molar-refractivity contribution in [1.82, 2.24) is 19.6 Å². The molecule has 0 atom stereocenters. The summed E-state index contributed by atoms with van der Waals surface area (Å²) in [5, 5.41) is 13.1. The monoisotopic (exact) mass is 373 g/mol. The Bertz CT molecular complexity index is 1110. The van der Waals surface area contributed by atoms with E-state index in [2.05, 4.69) is 27.6 Å². The molecule has 1 N–H and O–H groups in total. The predicted octanol–water partition coefficient (Wildman–Crippen LogP) is 3.93. The number of hydrogen-bond acceptors (Lipinski definition) is 3. The number of hydrogen-bond donors (Lipinski definition) is 1. The standard InChI is InChI=1S/C22H23N5O/c1-16-22(17(2)27(25-16)15-18-8-4-3-5-9-18)24-21(28)12-13-26-20-11-7-6-10-19(20)14-23-26/h3-11,14H,12-13,15H2,1-2H3,(H,24,28). The molecule has 2 aromatic heterocycles. The van der Waals surface area contributed by atoms with E-state index in [0.29, 0.717) is 19.5 Å². The Morgan fingerprint density at radius 1 is 1.00 bits per heavy atom. The summed E-state index contributed by atoms with van der Waals surface area (Å²) in [6.07, 6.45) is 2.18. The molecule has 0 saturated carbocycles. The van der Waals surface area contributed by atoms with Crippen LogP contribution >= 0.6 is 0 Å². The fourth-order valence-corrected chi connectivity index (χ4v) is 3.40. The van der Waals surface area contributed by atoms with Gasteiger partial charge < -0.3 is 5.32 Å². The average molecular weight is 373 g/mol. The first-order valence-corrected chi connectivity index (χ1v) is 9.40. The highest BCUT2D eigenvalue weighted by Crippen LogP contribution is 2.21. The van der Waals surface area contributed by atoms with Crippen LogP contribution < -0.4 is 5.32 Å². The summed E-state index contributed by atoms with van der Waals surface area (Å²) in [6.45, 7) is 5.13. The third kappa shape index (κ3) is 3.67. The number of aryl methyl sites for hydroxylation is 2. The SMILES string of the molecule is Cc1nn(Cc2ccccc2)c(C)c1NC(=O)CCn1ncc2ccccc21. The van der Waals surface area contributed by atoms with Gasteiger partial charge in [0.2, 0.25) is 5.91 Å². The Hall–Kier alpha value is -3.41. The highest BCUT2D eigenvalue weighted by molar-refractivity contribution is 5.92. The number of para-hydroxylation sites is 1. The van der Waals surface area contributed by atoms with Crippen molar-refractivity contribution in [2.75, 3.05) is 5.32 Å². The molecule has 0 saturated heterocycles. The van der Waals surface area contributed by atoms with Crippen LogP contribution in [0.15, 0.2) is 60.8 Å². The molecule has 4 rings (SSSR count). The Morgan fingerprint density at radius 2 is 1.75 bits per heavy atom. The molecule has 0 aliphatic rings. The highest BCUT2D eigenvalue weighted by atomic mass is 16.1. The summed E-state index contributed by atoms with van der Waals surface area (Å²) in [7, 11) is 0. The van der Waals surface area contributed by atoms with Crippen molar-refractivity contribution in [3.8, 4) is 0 Å². The van der Waals surface area contributed by atoms with Crippen LogP contribution in [0.25, 0.3) is 10.9 Å². The second kappa shape index (κ2) is 7.68. The molecule has 0 aliphatic carbocycles. The summed E-state index contributed by atoms with van der Waals surface area (Å²) in [4.78, 5) is 12.5. The quantitative estimate of drug-likeness (QED) is 0.557. The van der Waals surface area contributed by atoms with E-state index in [9.17, 15) is 4.79 Å². The van der Waals surface area contributed by atoms with Gasteiger partial charge in [0.1, 0.15) is 0 Å². The normalized spacial score (nSPS) is 11.1. The zero-order chi connectivity index (χ0) is 19.5. The van der Waals surface area contributed by atoms with Crippen molar-refractivity contribution in [3.63, 3.8) is 0 Å². The number of benzene rings is 2. The molecule has 142 valence electrons. The van der Waals surface area contributed by atoms with Crippen molar-refractivity contribution >= 4 is 22.5 Å². The fraction of sp³-hybridized carbons (Fsp3) is 0.227. The summed E-state index contributed by atoms with van der Waals surface area (Å²) in [5.74, 6) is -0.0370. The van der Waals surface area contributed by atoms with Gasteiger partial charge in [0.25, 0.3) is 0 Å². The van der Waals surface area contributed by atoms with Gasteiger partial charge in [0.15, 0.2) is 0 Å². The molecule has 0 fully saturated rings. The lowest BCUT2D eigenvalue weighted by molar-refractivity contribution is -0.116. The molecule has 6 nitrogen and oxygen atoms in total. The lowest BCUT2D eigenvalue weighted by Crippen LogP contribution is -2.16. The molecule has 4 aromatic rings. The van der Waals surface area contributed by atoms with Crippen molar-refractivity contribution in [3.05, 3.63) is 77.7 Å². The predicted molar refractivity (Wildman–Crippen MR) is 110 cm³/mol. The minimum Gasteiger partial charge on any atom is -0.323 e. The van der Waals surface area contributed by atoms with Crippen molar-refractivity contribution in [2.45, 2.75) is 33.4 Å². The van der Waals surface area contributed by atoms with Gasteiger partial charge in [-0.15, -0.1) is 0 Å². The Kier molecular flexibility index (Phi) is 4.93. The van der Waals surface area contributed by atoms with Gasteiger partial charge in [0.05, 0.1) is 41.9 Å². The van der Waals surface area contributed by atoms with Crippen molar-refractivity contribution in [2.24, 2.45) is 0 Å². The van der Waals surface area contributed by atoms with E-state index in [0.717, 1.165) is 28.0 Å². The van der Waals surface area contributed by atoms with E-state index < -0.39 is 0 Å². The van der Waals surface area contributed by atoms with Gasteiger partial charge >= 0.3 is 0 Å². The second-order valence-corrected chi connectivity index (χ2v) is 6.91. The molecule has 2 aromatic carbocycles. The number of rotatable bonds is 6. The molecule has 1 amide bonds. The number of aromatic nitrogens is 4. The summed E-state index contributed by atoms with van der Waals surface area (Å²) >= 11 is 0. The van der Waals surface area contributed by atoms with Crippen LogP contribution in [0.1, 0.15) is 23.4 Å². The molecule has 0 radical (unpaired) electrons. The number of nitrogens with zero attached hydrogens (tertiary/aromatic N) is 4. The van der Waals surface area contributed by atoms with E-state index in [1.54, 1.807) is 0 Å². The van der Waals surface area contributed by atoms with Crippen LogP contribution in [0.2, 0.25) is 0 Å². The summed E-state index contributed by atoms with van der Waals surface area (Å²) < 4.78 is 3.80. The number of nitrogens with one attached hydrogen (secondary N) is 1. The van der Waals surface area contributed by atoms with Crippen LogP contribution in [0.5, 0.6) is 0 Å². The minimum absolute atomic E-state index is 0.0370. The van der Waals surface area contributed by atoms with Gasteiger partial charge in [-0.3, -0.25) is 14.2 Å². The number of carbonyl (C=O) groups excluding carboxylic acids is 1. The fourth-order valence-electron chi connectivity index (χ4n) is 3.40. The van der Waals surface area contributed by atoms with Crippen molar-refractivity contribution < 1.29 is 4.79 Å². The average Bonchev–Trinajstić information content (AvgIpc) is 3.23.